The number of aromatic nitrogens is 3. The highest BCUT2D eigenvalue weighted by Crippen LogP contribution is 2.05. The minimum absolute atomic E-state index is 0.0278. The van der Waals surface area contributed by atoms with Crippen molar-refractivity contribution in [3.63, 3.8) is 0 Å². The molecule has 1 aromatic heterocycles. The number of nitrogens with zero attached hydrogens (tertiary/aromatic N) is 3. The van der Waals surface area contributed by atoms with Crippen molar-refractivity contribution >= 4 is 5.91 Å². The lowest BCUT2D eigenvalue weighted by Gasteiger charge is -2.21. The number of hydrogen-bond acceptors (Lipinski definition) is 5. The summed E-state index contributed by atoms with van der Waals surface area (Å²) < 4.78 is 1.45. The summed E-state index contributed by atoms with van der Waals surface area (Å²) in [5.74, 6) is 0.132. The van der Waals surface area contributed by atoms with E-state index in [1.165, 1.54) is 4.68 Å². The van der Waals surface area contributed by atoms with Crippen LogP contribution in [0.3, 0.4) is 0 Å². The molecule has 4 N–H and O–H groups in total. The summed E-state index contributed by atoms with van der Waals surface area (Å²) in [4.78, 5) is 11.8. The van der Waals surface area contributed by atoms with Gasteiger partial charge in [0.05, 0.1) is 11.9 Å². The van der Waals surface area contributed by atoms with E-state index >= 15 is 0 Å². The van der Waals surface area contributed by atoms with Crippen molar-refractivity contribution in [1.82, 2.24) is 20.3 Å². The van der Waals surface area contributed by atoms with Crippen molar-refractivity contribution in [1.29, 1.82) is 0 Å². The smallest absolute Gasteiger partial charge is 0.242 e. The van der Waals surface area contributed by atoms with E-state index in [0.717, 1.165) is 0 Å². The third-order valence-electron chi connectivity index (χ3n) is 2.69. The van der Waals surface area contributed by atoms with E-state index < -0.39 is 0 Å². The molecule has 0 saturated carbocycles. The average Bonchev–Trinajstić information content (AvgIpc) is 2.76. The van der Waals surface area contributed by atoms with E-state index in [1.807, 2.05) is 13.8 Å². The van der Waals surface area contributed by atoms with Crippen LogP contribution in [0, 0.1) is 5.92 Å². The first-order chi connectivity index (χ1) is 8.56. The van der Waals surface area contributed by atoms with Gasteiger partial charge in [-0.3, -0.25) is 4.79 Å². The van der Waals surface area contributed by atoms with Crippen LogP contribution in [0.15, 0.2) is 6.20 Å². The number of amides is 1. The fourth-order valence-corrected chi connectivity index (χ4v) is 1.62. The minimum atomic E-state index is -0.143. The highest BCUT2D eigenvalue weighted by molar-refractivity contribution is 5.75. The number of rotatable bonds is 7. The Labute approximate surface area is 106 Å². The van der Waals surface area contributed by atoms with E-state index in [0.29, 0.717) is 18.7 Å². The number of aliphatic hydroxyl groups excluding tert-OH is 1. The number of nitrogens with two attached hydrogens (primary N) is 1. The second kappa shape index (κ2) is 7.07. The van der Waals surface area contributed by atoms with Gasteiger partial charge in [-0.1, -0.05) is 19.1 Å². The Morgan fingerprint density at radius 1 is 1.61 bits per heavy atom. The number of nitrogens with one attached hydrogen (secondary N) is 1. The van der Waals surface area contributed by atoms with Crippen LogP contribution in [-0.4, -0.2) is 38.7 Å². The second-order valence-corrected chi connectivity index (χ2v) is 4.54. The van der Waals surface area contributed by atoms with Crippen molar-refractivity contribution in [3.05, 3.63) is 11.9 Å². The highest BCUT2D eigenvalue weighted by Gasteiger charge is 2.16. The molecule has 0 fully saturated rings. The zero-order valence-electron chi connectivity index (χ0n) is 10.8. The summed E-state index contributed by atoms with van der Waals surface area (Å²) in [6.45, 7) is 4.48. The molecule has 1 unspecified atom stereocenters. The van der Waals surface area contributed by atoms with Gasteiger partial charge in [-0.15, -0.1) is 5.10 Å². The molecule has 1 heterocycles. The van der Waals surface area contributed by atoms with Gasteiger partial charge in [0, 0.05) is 19.2 Å². The molecule has 1 aromatic rings. The molecule has 0 aliphatic carbocycles. The zero-order chi connectivity index (χ0) is 13.5. The standard InChI is InChI=1S/C11H21N5O2/c1-8(2)10(3-4-17)13-11(18)7-16-6-9(5-12)14-15-16/h6,8,10,17H,3-5,7,12H2,1-2H3,(H,13,18). The van der Waals surface area contributed by atoms with Gasteiger partial charge in [-0.2, -0.15) is 0 Å². The van der Waals surface area contributed by atoms with Crippen LogP contribution < -0.4 is 11.1 Å². The Hall–Kier alpha value is -1.47. The highest BCUT2D eigenvalue weighted by atomic mass is 16.3. The van der Waals surface area contributed by atoms with Crippen LogP contribution in [0.5, 0.6) is 0 Å². The molecule has 0 aliphatic heterocycles. The van der Waals surface area contributed by atoms with Crippen LogP contribution in [0.1, 0.15) is 26.0 Å². The van der Waals surface area contributed by atoms with Crippen molar-refractivity contribution in [3.8, 4) is 0 Å². The predicted octanol–water partition coefficient (Wildman–Crippen LogP) is -0.740. The fraction of sp³-hybridized carbons (Fsp3) is 0.727. The number of carbonyl (C=O) groups is 1. The Morgan fingerprint density at radius 3 is 2.83 bits per heavy atom. The maximum Gasteiger partial charge on any atom is 0.242 e. The molecule has 18 heavy (non-hydrogen) atoms. The molecule has 0 spiro atoms. The Balaban J connectivity index is 2.49. The van der Waals surface area contributed by atoms with Crippen molar-refractivity contribution < 1.29 is 9.90 Å². The van der Waals surface area contributed by atoms with Gasteiger partial charge in [0.15, 0.2) is 0 Å². The minimum Gasteiger partial charge on any atom is -0.396 e. The monoisotopic (exact) mass is 255 g/mol. The van der Waals surface area contributed by atoms with Crippen molar-refractivity contribution in [2.75, 3.05) is 6.61 Å². The van der Waals surface area contributed by atoms with Gasteiger partial charge < -0.3 is 16.2 Å². The first-order valence-corrected chi connectivity index (χ1v) is 6.06. The van der Waals surface area contributed by atoms with E-state index in [-0.39, 0.29) is 31.0 Å². The molecule has 0 bridgehead atoms. The van der Waals surface area contributed by atoms with Crippen molar-refractivity contribution in [2.24, 2.45) is 11.7 Å². The maximum atomic E-state index is 11.8. The zero-order valence-corrected chi connectivity index (χ0v) is 10.8. The summed E-state index contributed by atoms with van der Waals surface area (Å²) >= 11 is 0. The summed E-state index contributed by atoms with van der Waals surface area (Å²) in [5, 5.41) is 19.4. The molecule has 7 nitrogen and oxygen atoms in total. The summed E-state index contributed by atoms with van der Waals surface area (Å²) in [7, 11) is 0. The normalized spacial score (nSPS) is 12.7. The lowest BCUT2D eigenvalue weighted by Crippen LogP contribution is -2.40. The van der Waals surface area contributed by atoms with Crippen LogP contribution >= 0.6 is 0 Å². The average molecular weight is 255 g/mol. The summed E-state index contributed by atoms with van der Waals surface area (Å²) in [5.41, 5.74) is 6.06. The Morgan fingerprint density at radius 2 is 2.33 bits per heavy atom. The lowest BCUT2D eigenvalue weighted by atomic mass is 10.0. The Kier molecular flexibility index (Phi) is 5.73. The summed E-state index contributed by atoms with van der Waals surface area (Å²) in [6.07, 6.45) is 2.20. The molecule has 1 atom stereocenters. The SMILES string of the molecule is CC(C)C(CCO)NC(=O)Cn1cc(CN)nn1. The molecule has 7 heteroatoms. The third-order valence-corrected chi connectivity index (χ3v) is 2.69. The van der Waals surface area contributed by atoms with Crippen molar-refractivity contribution in [2.45, 2.75) is 39.4 Å². The first-order valence-electron chi connectivity index (χ1n) is 6.06. The summed E-state index contributed by atoms with van der Waals surface area (Å²) in [6, 6.07) is -0.0278. The van der Waals surface area contributed by atoms with Gasteiger partial charge in [0.25, 0.3) is 0 Å². The van der Waals surface area contributed by atoms with E-state index in [9.17, 15) is 4.79 Å². The molecule has 0 radical (unpaired) electrons. The van der Waals surface area contributed by atoms with Crippen LogP contribution in [-0.2, 0) is 17.9 Å². The molecular formula is C11H21N5O2. The molecular weight excluding hydrogens is 234 g/mol. The topological polar surface area (TPSA) is 106 Å². The molecule has 0 saturated heterocycles. The third kappa shape index (κ3) is 4.42. The first kappa shape index (κ1) is 14.6. The van der Waals surface area contributed by atoms with E-state index in [2.05, 4.69) is 15.6 Å². The number of hydrogen-bond donors (Lipinski definition) is 3. The van der Waals surface area contributed by atoms with Gasteiger partial charge >= 0.3 is 0 Å². The second-order valence-electron chi connectivity index (χ2n) is 4.54. The van der Waals surface area contributed by atoms with Crippen LogP contribution in [0.25, 0.3) is 0 Å². The van der Waals surface area contributed by atoms with E-state index in [4.69, 9.17) is 10.8 Å². The van der Waals surface area contributed by atoms with Gasteiger partial charge in [-0.05, 0) is 12.3 Å². The molecule has 1 rings (SSSR count). The largest absolute Gasteiger partial charge is 0.396 e. The molecule has 0 aliphatic rings. The lowest BCUT2D eigenvalue weighted by molar-refractivity contribution is -0.123. The predicted molar refractivity (Wildman–Crippen MR) is 66.4 cm³/mol. The molecule has 1 amide bonds. The Bertz CT molecular complexity index is 377. The van der Waals surface area contributed by atoms with E-state index in [1.54, 1.807) is 6.20 Å². The van der Waals surface area contributed by atoms with Crippen LogP contribution in [0.4, 0.5) is 0 Å². The maximum absolute atomic E-state index is 11.8. The van der Waals surface area contributed by atoms with Gasteiger partial charge in [-0.25, -0.2) is 4.68 Å². The molecule has 102 valence electrons. The van der Waals surface area contributed by atoms with Gasteiger partial charge in [0.2, 0.25) is 5.91 Å². The van der Waals surface area contributed by atoms with Crippen LogP contribution in [0.2, 0.25) is 0 Å². The number of carbonyl (C=O) groups excluding carboxylic acids is 1. The fourth-order valence-electron chi connectivity index (χ4n) is 1.62. The number of aliphatic hydroxyl groups is 1. The molecule has 0 aromatic carbocycles. The van der Waals surface area contributed by atoms with Gasteiger partial charge in [0.1, 0.15) is 6.54 Å². The quantitative estimate of drug-likeness (QED) is 0.595.